The van der Waals surface area contributed by atoms with Crippen molar-refractivity contribution in [2.24, 2.45) is 16.2 Å². The zero-order valence-electron chi connectivity index (χ0n) is 36.9. The molecule has 5 rings (SSSR count). The molecule has 4 N–H and O–H groups in total. The number of alkyl halides is 2. The van der Waals surface area contributed by atoms with E-state index in [0.29, 0.717) is 46.5 Å². The van der Waals surface area contributed by atoms with Crippen LogP contribution in [0.2, 0.25) is 0 Å². The van der Waals surface area contributed by atoms with Gasteiger partial charge in [0, 0.05) is 98.1 Å². The first-order valence-corrected chi connectivity index (χ1v) is 21.1. The van der Waals surface area contributed by atoms with Gasteiger partial charge in [0.1, 0.15) is 43.7 Å². The molecule has 2 aliphatic heterocycles. The molecule has 0 aromatic heterocycles. The number of rotatable bonds is 11. The molecule has 328 valence electrons. The number of ether oxygens (including phenoxy) is 2. The fourth-order valence-electron chi connectivity index (χ4n) is 7.90. The molecule has 1 fully saturated rings. The summed E-state index contributed by atoms with van der Waals surface area (Å²) < 4.78 is 43.0. The third-order valence-electron chi connectivity index (χ3n) is 11.2. The first kappa shape index (κ1) is 46.6. The van der Waals surface area contributed by atoms with E-state index in [9.17, 15) is 23.2 Å². The van der Waals surface area contributed by atoms with Crippen LogP contribution >= 0.6 is 0 Å². The van der Waals surface area contributed by atoms with Gasteiger partial charge in [-0.1, -0.05) is 68.4 Å². The molecule has 3 unspecified atom stereocenters. The summed E-state index contributed by atoms with van der Waals surface area (Å²) in [4.78, 5) is 42.1. The molecule has 0 bridgehead atoms. The largest absolute Gasteiger partial charge is 0.491 e. The number of fused-ring (bicyclic) bond motifs is 2. The van der Waals surface area contributed by atoms with Gasteiger partial charge in [-0.3, -0.25) is 14.5 Å². The lowest BCUT2D eigenvalue weighted by Crippen LogP contribution is -2.65. The van der Waals surface area contributed by atoms with Crippen LogP contribution in [0.3, 0.4) is 0 Å². The molecule has 1 aliphatic carbocycles. The van der Waals surface area contributed by atoms with Crippen LogP contribution < -0.4 is 31.4 Å². The molecule has 11 nitrogen and oxygen atoms in total. The highest BCUT2D eigenvalue weighted by molar-refractivity contribution is 6.09. The smallest absolute Gasteiger partial charge is 0.338 e. The molecule has 0 spiro atoms. The number of carbonyl (C=O) groups is 2. The number of esters is 1. The molecule has 60 heavy (non-hydrogen) atoms. The van der Waals surface area contributed by atoms with Gasteiger partial charge < -0.3 is 35.2 Å². The van der Waals surface area contributed by atoms with Crippen molar-refractivity contribution < 1.29 is 32.3 Å². The number of benzene rings is 3. The maximum absolute atomic E-state index is 13.8. The Balaban J connectivity index is 1.39. The van der Waals surface area contributed by atoms with Crippen LogP contribution in [0.5, 0.6) is 5.75 Å². The van der Waals surface area contributed by atoms with Gasteiger partial charge in [0.15, 0.2) is 5.43 Å². The van der Waals surface area contributed by atoms with E-state index < -0.39 is 25.9 Å². The Morgan fingerprint density at radius 2 is 1.53 bits per heavy atom. The minimum Gasteiger partial charge on any atom is -0.491 e. The molecule has 0 saturated carbocycles. The SMILES string of the molecule is CC(C)(C)C1CNCCN(CCNC(=O)c2ccc(-c3c4ccc(=O)cc-4oc4cc(OCCF)ccc34)c(C(=O)OCCF)c2)CCNC(C(C)(C)C)C(C(C)(C)C)N1. The van der Waals surface area contributed by atoms with Crippen molar-refractivity contribution in [2.45, 2.75) is 80.4 Å². The van der Waals surface area contributed by atoms with Gasteiger partial charge in [0.2, 0.25) is 0 Å². The quantitative estimate of drug-likeness (QED) is 0.0917. The van der Waals surface area contributed by atoms with E-state index in [2.05, 4.69) is 88.5 Å². The zero-order chi connectivity index (χ0) is 43.8. The Morgan fingerprint density at radius 1 is 0.833 bits per heavy atom. The number of carbonyl (C=O) groups excluding carboxylic acids is 2. The number of hydrogen-bond acceptors (Lipinski definition) is 10. The molecule has 2 heterocycles. The second kappa shape index (κ2) is 20.0. The van der Waals surface area contributed by atoms with Crippen molar-refractivity contribution in [1.82, 2.24) is 26.2 Å². The summed E-state index contributed by atoms with van der Waals surface area (Å²) in [7, 11) is 0. The molecule has 2 aromatic carbocycles. The van der Waals surface area contributed by atoms with Crippen LogP contribution in [0.4, 0.5) is 8.78 Å². The lowest BCUT2D eigenvalue weighted by molar-refractivity contribution is 0.0482. The predicted octanol–water partition coefficient (Wildman–Crippen LogP) is 7.10. The van der Waals surface area contributed by atoms with Gasteiger partial charge in [-0.15, -0.1) is 0 Å². The standard InChI is InChI=1S/C47H65F2N5O6/c1-45(2,3)39-29-50-18-21-54(22-19-51-41(46(4,5)6)42(53-39)47(7,8)9)23-20-52-43(56)30-10-13-33(36(26-30)44(57)59-25-17-49)40-34-14-11-31(55)27-37(34)60-38-28-32(58-24-16-48)12-15-35(38)40/h10-15,26-28,39,41-42,50-51,53H,16-25,29H2,1-9H3,(H,52,56). The van der Waals surface area contributed by atoms with E-state index in [1.54, 1.807) is 36.4 Å². The number of amides is 1. The third-order valence-corrected chi connectivity index (χ3v) is 11.2. The second-order valence-corrected chi connectivity index (χ2v) is 18.9. The first-order valence-electron chi connectivity index (χ1n) is 21.1. The Bertz CT molecular complexity index is 2100. The number of halogens is 2. The van der Waals surface area contributed by atoms with Crippen LogP contribution in [0, 0.1) is 16.2 Å². The maximum atomic E-state index is 13.8. The molecule has 0 radical (unpaired) electrons. The van der Waals surface area contributed by atoms with E-state index >= 15 is 0 Å². The highest BCUT2D eigenvalue weighted by Gasteiger charge is 2.41. The number of nitrogens with zero attached hydrogens (tertiary/aromatic N) is 1. The van der Waals surface area contributed by atoms with Crippen molar-refractivity contribution in [3.63, 3.8) is 0 Å². The highest BCUT2D eigenvalue weighted by atomic mass is 19.1. The molecular weight excluding hydrogens is 769 g/mol. The van der Waals surface area contributed by atoms with Gasteiger partial charge in [-0.2, -0.15) is 0 Å². The van der Waals surface area contributed by atoms with Crippen LogP contribution in [-0.2, 0) is 4.74 Å². The first-order chi connectivity index (χ1) is 28.3. The summed E-state index contributed by atoms with van der Waals surface area (Å²) >= 11 is 0. The summed E-state index contributed by atoms with van der Waals surface area (Å²) in [6.45, 7) is 23.4. The van der Waals surface area contributed by atoms with E-state index in [1.165, 1.54) is 18.2 Å². The molecule has 13 heteroatoms. The van der Waals surface area contributed by atoms with E-state index in [-0.39, 0.29) is 69.2 Å². The van der Waals surface area contributed by atoms with E-state index in [4.69, 9.17) is 13.9 Å². The van der Waals surface area contributed by atoms with Crippen molar-refractivity contribution in [3.8, 4) is 28.2 Å². The van der Waals surface area contributed by atoms with Crippen molar-refractivity contribution >= 4 is 22.8 Å². The summed E-state index contributed by atoms with van der Waals surface area (Å²) in [5, 5.41) is 15.3. The summed E-state index contributed by atoms with van der Waals surface area (Å²) in [6, 6.07) is 14.7. The van der Waals surface area contributed by atoms with Crippen LogP contribution in [-0.4, -0.2) is 107 Å². The molecular formula is C47H65F2N5O6. The zero-order valence-corrected chi connectivity index (χ0v) is 36.9. The van der Waals surface area contributed by atoms with E-state index in [0.717, 1.165) is 32.7 Å². The summed E-state index contributed by atoms with van der Waals surface area (Å²) in [5.74, 6) is -0.585. The average molecular weight is 834 g/mol. The third kappa shape index (κ3) is 11.9. The fourth-order valence-corrected chi connectivity index (χ4v) is 7.90. The van der Waals surface area contributed by atoms with Crippen molar-refractivity contribution in [3.05, 3.63) is 75.9 Å². The highest BCUT2D eigenvalue weighted by Crippen LogP contribution is 2.42. The van der Waals surface area contributed by atoms with Crippen molar-refractivity contribution in [2.75, 3.05) is 72.4 Å². The number of hydrogen-bond donors (Lipinski definition) is 4. The Kier molecular flexibility index (Phi) is 15.5. The minimum atomic E-state index is -0.880. The normalized spacial score (nSPS) is 19.1. The Morgan fingerprint density at radius 3 is 2.22 bits per heavy atom. The Hall–Kier alpha value is -4.43. The minimum absolute atomic E-state index is 0.00164. The maximum Gasteiger partial charge on any atom is 0.338 e. The van der Waals surface area contributed by atoms with Crippen molar-refractivity contribution in [1.29, 1.82) is 0 Å². The Labute approximate surface area is 353 Å². The topological polar surface area (TPSA) is 134 Å². The molecule has 3 atom stereocenters. The lowest BCUT2D eigenvalue weighted by Gasteiger charge is -2.48. The van der Waals surface area contributed by atoms with Crippen LogP contribution in [0.15, 0.2) is 63.8 Å². The van der Waals surface area contributed by atoms with Crippen LogP contribution in [0.25, 0.3) is 33.4 Å². The summed E-state index contributed by atoms with van der Waals surface area (Å²) in [5.41, 5.74) is 1.78. The molecule has 2 aromatic rings. The van der Waals surface area contributed by atoms with Gasteiger partial charge >= 0.3 is 5.97 Å². The second-order valence-electron chi connectivity index (χ2n) is 18.9. The van der Waals surface area contributed by atoms with E-state index in [1.807, 2.05) is 0 Å². The number of nitrogens with one attached hydrogen (secondary N) is 4. The monoisotopic (exact) mass is 833 g/mol. The fraction of sp³-hybridized carbons (Fsp3) is 0.553. The molecule has 1 saturated heterocycles. The predicted molar refractivity (Wildman–Crippen MR) is 235 cm³/mol. The van der Waals surface area contributed by atoms with Gasteiger partial charge in [-0.25, -0.2) is 13.6 Å². The molecule has 3 aliphatic rings. The van der Waals surface area contributed by atoms with Crippen LogP contribution in [0.1, 0.15) is 83.0 Å². The van der Waals surface area contributed by atoms with Gasteiger partial charge in [-0.05, 0) is 58.2 Å². The molecule has 1 amide bonds. The summed E-state index contributed by atoms with van der Waals surface area (Å²) in [6.07, 6.45) is 0. The van der Waals surface area contributed by atoms with Gasteiger partial charge in [0.25, 0.3) is 5.91 Å². The average Bonchev–Trinajstić information content (AvgIpc) is 3.17. The lowest BCUT2D eigenvalue weighted by atomic mass is 9.71. The van der Waals surface area contributed by atoms with Gasteiger partial charge in [0.05, 0.1) is 5.56 Å².